The lowest BCUT2D eigenvalue weighted by atomic mass is 10.2. The van der Waals surface area contributed by atoms with Crippen LogP contribution in [0.3, 0.4) is 0 Å². The Kier molecular flexibility index (Phi) is 4.33. The van der Waals surface area contributed by atoms with Gasteiger partial charge in [-0.15, -0.1) is 0 Å². The van der Waals surface area contributed by atoms with Gasteiger partial charge in [0.2, 0.25) is 0 Å². The molecule has 0 spiro atoms. The van der Waals surface area contributed by atoms with Gasteiger partial charge >= 0.3 is 0 Å². The number of hydrogen-bond donors (Lipinski definition) is 0. The lowest BCUT2D eigenvalue weighted by molar-refractivity contribution is 0.195. The van der Waals surface area contributed by atoms with Gasteiger partial charge in [0, 0.05) is 30.1 Å². The molecule has 13 heavy (non-hydrogen) atoms. The lowest BCUT2D eigenvalue weighted by Crippen LogP contribution is -2.46. The number of thioether (sulfide) groups is 1. The summed E-state index contributed by atoms with van der Waals surface area (Å²) in [7, 11) is 0. The fraction of sp³-hybridized carbons (Fsp3) is 0.818. The number of rotatable bonds is 2. The summed E-state index contributed by atoms with van der Waals surface area (Å²) in [5.74, 6) is 2.59. The Bertz CT molecular complexity index is 175. The van der Waals surface area contributed by atoms with Gasteiger partial charge < -0.3 is 0 Å². The van der Waals surface area contributed by atoms with E-state index in [0.29, 0.717) is 0 Å². The summed E-state index contributed by atoms with van der Waals surface area (Å²) >= 11 is 2.09. The highest BCUT2D eigenvalue weighted by molar-refractivity contribution is 7.99. The summed E-state index contributed by atoms with van der Waals surface area (Å²) in [6, 6.07) is 1.48. The molecule has 0 saturated carbocycles. The Labute approximate surface area is 86.6 Å². The minimum Gasteiger partial charge on any atom is -0.293 e. The van der Waals surface area contributed by atoms with Gasteiger partial charge in [0.15, 0.2) is 0 Å². The molecule has 2 unspecified atom stereocenters. The normalized spacial score (nSPS) is 30.2. The van der Waals surface area contributed by atoms with Crippen molar-refractivity contribution in [3.8, 4) is 0 Å². The molecule has 1 aliphatic heterocycles. The third-order valence-corrected chi connectivity index (χ3v) is 4.00. The van der Waals surface area contributed by atoms with Crippen molar-refractivity contribution in [1.29, 1.82) is 0 Å². The summed E-state index contributed by atoms with van der Waals surface area (Å²) in [5.41, 5.74) is 1.43. The molecule has 0 aromatic carbocycles. The fourth-order valence-corrected chi connectivity index (χ4v) is 2.88. The molecule has 2 atom stereocenters. The Morgan fingerprint density at radius 2 is 1.85 bits per heavy atom. The van der Waals surface area contributed by atoms with E-state index in [0.717, 1.165) is 18.6 Å². The molecule has 1 nitrogen and oxygen atoms in total. The van der Waals surface area contributed by atoms with Crippen LogP contribution in [0, 0.1) is 0 Å². The third kappa shape index (κ3) is 3.35. The van der Waals surface area contributed by atoms with Crippen molar-refractivity contribution >= 4 is 11.8 Å². The average Bonchev–Trinajstić information content (AvgIpc) is 2.03. The summed E-state index contributed by atoms with van der Waals surface area (Å²) in [6.07, 6.45) is 2.34. The predicted octanol–water partition coefficient (Wildman–Crippen LogP) is 2.78. The number of nitrogens with zero attached hydrogens (tertiary/aromatic N) is 1. The predicted molar refractivity (Wildman–Crippen MR) is 62.4 cm³/mol. The molecule has 1 aliphatic rings. The molecule has 2 heteroatoms. The van der Waals surface area contributed by atoms with Crippen LogP contribution in [-0.2, 0) is 0 Å². The van der Waals surface area contributed by atoms with Crippen molar-refractivity contribution < 1.29 is 0 Å². The molecular weight excluding hydrogens is 178 g/mol. The molecule has 0 aromatic heterocycles. The lowest BCUT2D eigenvalue weighted by Gasteiger charge is -2.37. The molecule has 1 rings (SSSR count). The third-order valence-electron chi connectivity index (χ3n) is 2.56. The maximum Gasteiger partial charge on any atom is 0.0171 e. The van der Waals surface area contributed by atoms with Crippen molar-refractivity contribution in [1.82, 2.24) is 4.90 Å². The quantitative estimate of drug-likeness (QED) is 0.629. The Morgan fingerprint density at radius 1 is 1.31 bits per heavy atom. The molecule has 76 valence electrons. The highest BCUT2D eigenvalue weighted by Crippen LogP contribution is 2.21. The van der Waals surface area contributed by atoms with Gasteiger partial charge in [0.25, 0.3) is 0 Å². The van der Waals surface area contributed by atoms with Crippen LogP contribution >= 0.6 is 11.8 Å². The number of allylic oxidation sites excluding steroid dienone is 1. The smallest absolute Gasteiger partial charge is 0.0171 e. The monoisotopic (exact) mass is 199 g/mol. The fourth-order valence-electron chi connectivity index (χ4n) is 1.68. The zero-order valence-electron chi connectivity index (χ0n) is 9.21. The second-order valence-electron chi connectivity index (χ2n) is 4.21. The van der Waals surface area contributed by atoms with Crippen LogP contribution in [0.15, 0.2) is 11.6 Å². The first-order valence-electron chi connectivity index (χ1n) is 5.08. The summed E-state index contributed by atoms with van der Waals surface area (Å²) in [4.78, 5) is 2.60. The van der Waals surface area contributed by atoms with E-state index in [4.69, 9.17) is 0 Å². The van der Waals surface area contributed by atoms with Crippen molar-refractivity contribution in [2.75, 3.05) is 18.1 Å². The van der Waals surface area contributed by atoms with Gasteiger partial charge in [-0.05, 0) is 27.7 Å². The van der Waals surface area contributed by atoms with Gasteiger partial charge in [-0.1, -0.05) is 11.6 Å². The summed E-state index contributed by atoms with van der Waals surface area (Å²) in [6.45, 7) is 10.1. The first kappa shape index (κ1) is 11.1. The standard InChI is InChI=1S/C11H21NS/c1-9(2)5-6-12-10(3)7-13-8-11(12)4/h5,10-11H,6-8H2,1-4H3. The SMILES string of the molecule is CC(C)=CCN1C(C)CSCC1C. The van der Waals surface area contributed by atoms with Gasteiger partial charge in [-0.2, -0.15) is 11.8 Å². The summed E-state index contributed by atoms with van der Waals surface area (Å²) < 4.78 is 0. The zero-order chi connectivity index (χ0) is 9.84. The highest BCUT2D eigenvalue weighted by atomic mass is 32.2. The van der Waals surface area contributed by atoms with E-state index in [9.17, 15) is 0 Å². The molecule has 0 aliphatic carbocycles. The molecule has 0 aromatic rings. The van der Waals surface area contributed by atoms with Crippen LogP contribution in [0.2, 0.25) is 0 Å². The van der Waals surface area contributed by atoms with E-state index in [1.165, 1.54) is 17.1 Å². The van der Waals surface area contributed by atoms with Crippen LogP contribution in [0.1, 0.15) is 27.7 Å². The molecule has 1 fully saturated rings. The molecule has 0 radical (unpaired) electrons. The van der Waals surface area contributed by atoms with Crippen LogP contribution in [0.5, 0.6) is 0 Å². The minimum absolute atomic E-state index is 0.740. The second kappa shape index (κ2) is 5.06. The van der Waals surface area contributed by atoms with Crippen LogP contribution < -0.4 is 0 Å². The van der Waals surface area contributed by atoms with Crippen LogP contribution in [0.25, 0.3) is 0 Å². The first-order valence-corrected chi connectivity index (χ1v) is 6.23. The van der Waals surface area contributed by atoms with E-state index >= 15 is 0 Å². The maximum atomic E-state index is 2.60. The molecule has 0 bridgehead atoms. The van der Waals surface area contributed by atoms with E-state index in [1.54, 1.807) is 0 Å². The van der Waals surface area contributed by atoms with Crippen molar-refractivity contribution in [2.45, 2.75) is 39.8 Å². The minimum atomic E-state index is 0.740. The van der Waals surface area contributed by atoms with E-state index in [-0.39, 0.29) is 0 Å². The molecule has 1 saturated heterocycles. The molecule has 0 amide bonds. The average molecular weight is 199 g/mol. The topological polar surface area (TPSA) is 3.24 Å². The van der Waals surface area contributed by atoms with Gasteiger partial charge in [-0.25, -0.2) is 0 Å². The van der Waals surface area contributed by atoms with Crippen molar-refractivity contribution in [2.24, 2.45) is 0 Å². The van der Waals surface area contributed by atoms with E-state index in [2.05, 4.69) is 50.4 Å². The van der Waals surface area contributed by atoms with Crippen LogP contribution in [-0.4, -0.2) is 35.0 Å². The van der Waals surface area contributed by atoms with Gasteiger partial charge in [0.1, 0.15) is 0 Å². The Morgan fingerprint density at radius 3 is 2.31 bits per heavy atom. The maximum absolute atomic E-state index is 2.60. The van der Waals surface area contributed by atoms with E-state index < -0.39 is 0 Å². The zero-order valence-corrected chi connectivity index (χ0v) is 10.0. The largest absolute Gasteiger partial charge is 0.293 e. The summed E-state index contributed by atoms with van der Waals surface area (Å²) in [5, 5.41) is 0. The van der Waals surface area contributed by atoms with E-state index in [1.807, 2.05) is 0 Å². The molecule has 0 N–H and O–H groups in total. The second-order valence-corrected chi connectivity index (χ2v) is 5.29. The van der Waals surface area contributed by atoms with Crippen molar-refractivity contribution in [3.63, 3.8) is 0 Å². The molecule has 1 heterocycles. The Balaban J connectivity index is 2.49. The molecular formula is C11H21NS. The number of hydrogen-bond acceptors (Lipinski definition) is 2. The van der Waals surface area contributed by atoms with Gasteiger partial charge in [-0.3, -0.25) is 4.90 Å². The Hall–Kier alpha value is 0.0500. The van der Waals surface area contributed by atoms with Crippen LogP contribution in [0.4, 0.5) is 0 Å². The first-order chi connectivity index (χ1) is 6.11. The van der Waals surface area contributed by atoms with Gasteiger partial charge in [0.05, 0.1) is 0 Å². The van der Waals surface area contributed by atoms with Crippen molar-refractivity contribution in [3.05, 3.63) is 11.6 Å². The highest BCUT2D eigenvalue weighted by Gasteiger charge is 2.23.